The van der Waals surface area contributed by atoms with Crippen molar-refractivity contribution in [3.63, 3.8) is 0 Å². The average molecular weight is 393 g/mol. The third-order valence-electron chi connectivity index (χ3n) is 6.04. The van der Waals surface area contributed by atoms with Crippen molar-refractivity contribution in [2.45, 2.75) is 110 Å². The van der Waals surface area contributed by atoms with Crippen LogP contribution in [-0.4, -0.2) is 0 Å². The normalized spacial score (nSPS) is 11.6. The molecule has 0 heteroatoms. The maximum atomic E-state index is 2.41. The first kappa shape index (κ1) is 23.7. The van der Waals surface area contributed by atoms with E-state index in [1.54, 1.807) is 0 Å². The van der Waals surface area contributed by atoms with Gasteiger partial charge < -0.3 is 0 Å². The van der Waals surface area contributed by atoms with Crippen LogP contribution in [-0.2, 0) is 6.42 Å². The van der Waals surface area contributed by atoms with Crippen molar-refractivity contribution in [2.75, 3.05) is 0 Å². The molecule has 2 rings (SSSR count). The van der Waals surface area contributed by atoms with Crippen molar-refractivity contribution in [1.29, 1.82) is 0 Å². The summed E-state index contributed by atoms with van der Waals surface area (Å²) in [6.07, 6.45) is 27.0. The molecule has 160 valence electrons. The van der Waals surface area contributed by atoms with Gasteiger partial charge in [0.15, 0.2) is 0 Å². The minimum atomic E-state index is 1.19. The van der Waals surface area contributed by atoms with Gasteiger partial charge in [0, 0.05) is 0 Å². The van der Waals surface area contributed by atoms with Gasteiger partial charge in [0.1, 0.15) is 0 Å². The van der Waals surface area contributed by atoms with Crippen LogP contribution in [0, 0.1) is 0 Å². The van der Waals surface area contributed by atoms with Crippen LogP contribution >= 0.6 is 0 Å². The lowest BCUT2D eigenvalue weighted by Crippen LogP contribution is -1.85. The number of hydrogen-bond acceptors (Lipinski definition) is 0. The van der Waals surface area contributed by atoms with Gasteiger partial charge in [-0.3, -0.25) is 0 Å². The Balaban J connectivity index is 1.37. The summed E-state index contributed by atoms with van der Waals surface area (Å²) < 4.78 is 0. The number of aryl methyl sites for hydroxylation is 1. The van der Waals surface area contributed by atoms with Crippen molar-refractivity contribution in [3.05, 3.63) is 60.2 Å². The molecule has 29 heavy (non-hydrogen) atoms. The summed E-state index contributed by atoms with van der Waals surface area (Å²) in [5.74, 6) is 0. The second kappa shape index (κ2) is 16.3. The molecule has 0 aliphatic carbocycles. The van der Waals surface area contributed by atoms with Crippen molar-refractivity contribution in [3.8, 4) is 0 Å². The van der Waals surface area contributed by atoms with E-state index in [1.165, 1.54) is 119 Å². The molecule has 0 N–H and O–H groups in total. The molecule has 0 amide bonds. The van der Waals surface area contributed by atoms with E-state index in [0.717, 1.165) is 0 Å². The van der Waals surface area contributed by atoms with Gasteiger partial charge >= 0.3 is 0 Å². The standard InChI is InChI=1S/C29H44/c1-2-3-4-5-6-7-8-9-10-11-12-13-14-15-16-17-18-21-27-24-25-28-22-19-20-23-29(28)26-27/h15-16,19-20,22-26H,2-14,17-18,21H2,1H3/b16-15+. The maximum absolute atomic E-state index is 2.41. The molecule has 0 bridgehead atoms. The number of hydrogen-bond donors (Lipinski definition) is 0. The Kier molecular flexibility index (Phi) is 13.3. The van der Waals surface area contributed by atoms with Crippen molar-refractivity contribution >= 4 is 10.8 Å². The van der Waals surface area contributed by atoms with Crippen molar-refractivity contribution in [1.82, 2.24) is 0 Å². The summed E-state index contributed by atoms with van der Waals surface area (Å²) in [6, 6.07) is 15.6. The summed E-state index contributed by atoms with van der Waals surface area (Å²) >= 11 is 0. The van der Waals surface area contributed by atoms with Gasteiger partial charge in [-0.05, 0) is 48.4 Å². The predicted octanol–water partition coefficient (Wildman–Crippen LogP) is 9.81. The molecule has 0 radical (unpaired) electrons. The SMILES string of the molecule is CCCCCCCCCCCCCC/C=C/CCCc1ccc2ccccc2c1. The zero-order valence-corrected chi connectivity index (χ0v) is 19.0. The van der Waals surface area contributed by atoms with Crippen LogP contribution in [0.2, 0.25) is 0 Å². The molecule has 0 nitrogen and oxygen atoms in total. The van der Waals surface area contributed by atoms with E-state index in [-0.39, 0.29) is 0 Å². The molecule has 2 aromatic rings. The third kappa shape index (κ3) is 11.3. The number of benzene rings is 2. The molecule has 0 aliphatic heterocycles. The molecule has 0 aromatic heterocycles. The lowest BCUT2D eigenvalue weighted by Gasteiger charge is -2.03. The largest absolute Gasteiger partial charge is 0.0885 e. The highest BCUT2D eigenvalue weighted by molar-refractivity contribution is 5.82. The van der Waals surface area contributed by atoms with Gasteiger partial charge in [-0.25, -0.2) is 0 Å². The molecule has 0 unspecified atom stereocenters. The van der Waals surface area contributed by atoms with Crippen molar-refractivity contribution in [2.24, 2.45) is 0 Å². The lowest BCUT2D eigenvalue weighted by atomic mass is 10.0. The van der Waals surface area contributed by atoms with Gasteiger partial charge in [-0.15, -0.1) is 0 Å². The Hall–Kier alpha value is -1.56. The summed E-state index contributed by atoms with van der Waals surface area (Å²) in [5.41, 5.74) is 1.47. The Morgan fingerprint density at radius 3 is 1.76 bits per heavy atom. The summed E-state index contributed by atoms with van der Waals surface area (Å²) in [7, 11) is 0. The van der Waals surface area contributed by atoms with E-state index in [1.807, 2.05) is 0 Å². The van der Waals surface area contributed by atoms with E-state index in [9.17, 15) is 0 Å². The summed E-state index contributed by atoms with van der Waals surface area (Å²) in [5, 5.41) is 2.71. The number of allylic oxidation sites excluding steroid dienone is 2. The topological polar surface area (TPSA) is 0 Å². The van der Waals surface area contributed by atoms with Crippen LogP contribution in [0.1, 0.15) is 109 Å². The molecule has 2 aromatic carbocycles. The second-order valence-electron chi connectivity index (χ2n) is 8.72. The molecule has 0 saturated heterocycles. The van der Waals surface area contributed by atoms with E-state index in [2.05, 4.69) is 61.5 Å². The van der Waals surface area contributed by atoms with Gasteiger partial charge in [0.05, 0.1) is 0 Å². The highest BCUT2D eigenvalue weighted by atomic mass is 14.0. The summed E-state index contributed by atoms with van der Waals surface area (Å²) in [4.78, 5) is 0. The van der Waals surface area contributed by atoms with E-state index in [0.29, 0.717) is 0 Å². The Labute approximate surface area is 180 Å². The average Bonchev–Trinajstić information content (AvgIpc) is 2.76. The monoisotopic (exact) mass is 392 g/mol. The van der Waals surface area contributed by atoms with E-state index in [4.69, 9.17) is 0 Å². The van der Waals surface area contributed by atoms with Gasteiger partial charge in [-0.1, -0.05) is 132 Å². The first-order chi connectivity index (χ1) is 14.4. The van der Waals surface area contributed by atoms with Crippen molar-refractivity contribution < 1.29 is 0 Å². The highest BCUT2D eigenvalue weighted by Crippen LogP contribution is 2.17. The molecule has 0 atom stereocenters. The van der Waals surface area contributed by atoms with Crippen LogP contribution in [0.25, 0.3) is 10.8 Å². The lowest BCUT2D eigenvalue weighted by molar-refractivity contribution is 0.545. The van der Waals surface area contributed by atoms with E-state index < -0.39 is 0 Å². The fourth-order valence-corrected chi connectivity index (χ4v) is 4.16. The molecule has 0 fully saturated rings. The first-order valence-corrected chi connectivity index (χ1v) is 12.5. The zero-order chi connectivity index (χ0) is 20.4. The quantitative estimate of drug-likeness (QED) is 0.185. The predicted molar refractivity (Wildman–Crippen MR) is 132 cm³/mol. The van der Waals surface area contributed by atoms with Crippen LogP contribution in [0.15, 0.2) is 54.6 Å². The highest BCUT2D eigenvalue weighted by Gasteiger charge is 1.96. The Bertz CT molecular complexity index is 667. The fourth-order valence-electron chi connectivity index (χ4n) is 4.16. The van der Waals surface area contributed by atoms with Crippen LogP contribution in [0.3, 0.4) is 0 Å². The van der Waals surface area contributed by atoms with Gasteiger partial charge in [-0.2, -0.15) is 0 Å². The molecule has 0 heterocycles. The van der Waals surface area contributed by atoms with Crippen LogP contribution in [0.4, 0.5) is 0 Å². The number of unbranched alkanes of at least 4 members (excludes halogenated alkanes) is 13. The molecule has 0 aliphatic rings. The Morgan fingerprint density at radius 1 is 0.552 bits per heavy atom. The second-order valence-corrected chi connectivity index (χ2v) is 8.72. The fraction of sp³-hybridized carbons (Fsp3) is 0.586. The molecular weight excluding hydrogens is 348 g/mol. The van der Waals surface area contributed by atoms with E-state index >= 15 is 0 Å². The smallest absolute Gasteiger partial charge is 0.0181 e. The Morgan fingerprint density at radius 2 is 1.10 bits per heavy atom. The zero-order valence-electron chi connectivity index (χ0n) is 19.0. The van der Waals surface area contributed by atoms with Crippen LogP contribution < -0.4 is 0 Å². The minimum absolute atomic E-state index is 1.19. The molecular formula is C29H44. The summed E-state index contributed by atoms with van der Waals surface area (Å²) in [6.45, 7) is 2.29. The maximum Gasteiger partial charge on any atom is -0.0181 e. The van der Waals surface area contributed by atoms with Gasteiger partial charge in [0.2, 0.25) is 0 Å². The third-order valence-corrected chi connectivity index (χ3v) is 6.04. The van der Waals surface area contributed by atoms with Gasteiger partial charge in [0.25, 0.3) is 0 Å². The molecule has 0 saturated carbocycles. The molecule has 0 spiro atoms. The number of fused-ring (bicyclic) bond motifs is 1. The van der Waals surface area contributed by atoms with Crippen LogP contribution in [0.5, 0.6) is 0 Å². The number of rotatable bonds is 17. The minimum Gasteiger partial charge on any atom is -0.0885 e. The first-order valence-electron chi connectivity index (χ1n) is 12.5.